The Bertz CT molecular complexity index is 443. The maximum Gasteiger partial charge on any atom is 0.241 e. The Labute approximate surface area is 121 Å². The average molecular weight is 279 g/mol. The third-order valence-corrected chi connectivity index (χ3v) is 3.05. The molecule has 0 atom stereocenters. The van der Waals surface area contributed by atoms with Gasteiger partial charge in [0.2, 0.25) is 5.91 Å². The number of anilines is 2. The van der Waals surface area contributed by atoms with Gasteiger partial charge in [-0.25, -0.2) is 9.97 Å². The summed E-state index contributed by atoms with van der Waals surface area (Å²) >= 11 is 0. The van der Waals surface area contributed by atoms with E-state index < -0.39 is 0 Å². The average Bonchev–Trinajstić information content (AvgIpc) is 2.45. The summed E-state index contributed by atoms with van der Waals surface area (Å²) in [7, 11) is 1.82. The number of carbonyl (C=O) groups is 1. The molecule has 1 aromatic rings. The quantitative estimate of drug-likeness (QED) is 0.798. The van der Waals surface area contributed by atoms with Gasteiger partial charge in [-0.05, 0) is 13.8 Å². The van der Waals surface area contributed by atoms with Gasteiger partial charge in [-0.3, -0.25) is 4.79 Å². The van der Waals surface area contributed by atoms with Gasteiger partial charge in [-0.1, -0.05) is 13.8 Å². The molecule has 0 aliphatic heterocycles. The number of carbonyl (C=O) groups excluding carboxylic acids is 1. The fraction of sp³-hybridized carbons (Fsp3) is 0.643. The SMILES string of the molecule is CCN(CC)C(=O)CNc1cc(NC)nc(C(C)C)n1. The van der Waals surface area contributed by atoms with Gasteiger partial charge in [0.05, 0.1) is 6.54 Å². The Morgan fingerprint density at radius 2 is 1.85 bits per heavy atom. The molecule has 2 N–H and O–H groups in total. The van der Waals surface area contributed by atoms with E-state index in [0.717, 1.165) is 24.7 Å². The number of nitrogens with one attached hydrogen (secondary N) is 2. The van der Waals surface area contributed by atoms with Crippen LogP contribution in [0.15, 0.2) is 6.07 Å². The van der Waals surface area contributed by atoms with Crippen LogP contribution in [0.2, 0.25) is 0 Å². The van der Waals surface area contributed by atoms with Crippen molar-refractivity contribution in [1.82, 2.24) is 14.9 Å². The summed E-state index contributed by atoms with van der Waals surface area (Å²) in [6.07, 6.45) is 0. The van der Waals surface area contributed by atoms with E-state index in [1.807, 2.05) is 34.7 Å². The van der Waals surface area contributed by atoms with Crippen molar-refractivity contribution in [2.45, 2.75) is 33.6 Å². The molecule has 1 aromatic heterocycles. The molecule has 0 spiro atoms. The Kier molecular flexibility index (Phi) is 6.21. The molecule has 112 valence electrons. The Balaban J connectivity index is 2.77. The molecule has 20 heavy (non-hydrogen) atoms. The highest BCUT2D eigenvalue weighted by Gasteiger charge is 2.11. The van der Waals surface area contributed by atoms with Crippen LogP contribution in [0.25, 0.3) is 0 Å². The molecule has 0 aliphatic carbocycles. The first-order valence-electron chi connectivity index (χ1n) is 7.10. The largest absolute Gasteiger partial charge is 0.373 e. The lowest BCUT2D eigenvalue weighted by Gasteiger charge is -2.19. The second kappa shape index (κ2) is 7.67. The topological polar surface area (TPSA) is 70.2 Å². The molecule has 6 heteroatoms. The minimum Gasteiger partial charge on any atom is -0.373 e. The number of hydrogen-bond acceptors (Lipinski definition) is 5. The molecule has 0 unspecified atom stereocenters. The van der Waals surface area contributed by atoms with Crippen molar-refractivity contribution in [1.29, 1.82) is 0 Å². The van der Waals surface area contributed by atoms with Gasteiger partial charge < -0.3 is 15.5 Å². The number of aromatic nitrogens is 2. The van der Waals surface area contributed by atoms with Gasteiger partial charge in [0.15, 0.2) is 0 Å². The van der Waals surface area contributed by atoms with Gasteiger partial charge in [0.25, 0.3) is 0 Å². The molecule has 0 saturated heterocycles. The monoisotopic (exact) mass is 279 g/mol. The van der Waals surface area contributed by atoms with E-state index in [0.29, 0.717) is 5.82 Å². The first kappa shape index (κ1) is 16.2. The standard InChI is InChI=1S/C14H25N5O/c1-6-19(7-2)13(20)9-16-12-8-11(15-5)17-14(18-12)10(3)4/h8,10H,6-7,9H2,1-5H3,(H2,15,16,17,18). The summed E-state index contributed by atoms with van der Waals surface area (Å²) in [4.78, 5) is 22.6. The van der Waals surface area contributed by atoms with Gasteiger partial charge in [0.1, 0.15) is 17.5 Å². The molecule has 0 radical (unpaired) electrons. The van der Waals surface area contributed by atoms with Crippen LogP contribution in [-0.2, 0) is 4.79 Å². The maximum absolute atomic E-state index is 12.0. The van der Waals surface area contributed by atoms with E-state index in [-0.39, 0.29) is 18.4 Å². The van der Waals surface area contributed by atoms with E-state index in [9.17, 15) is 4.79 Å². The van der Waals surface area contributed by atoms with Crippen molar-refractivity contribution >= 4 is 17.5 Å². The van der Waals surface area contributed by atoms with Gasteiger partial charge in [-0.15, -0.1) is 0 Å². The van der Waals surface area contributed by atoms with E-state index in [1.165, 1.54) is 0 Å². The van der Waals surface area contributed by atoms with Gasteiger partial charge in [0, 0.05) is 32.1 Å². The molecule has 1 amide bonds. The third kappa shape index (κ3) is 4.36. The van der Waals surface area contributed by atoms with Gasteiger partial charge >= 0.3 is 0 Å². The number of amides is 1. The predicted octanol–water partition coefficient (Wildman–Crippen LogP) is 1.92. The highest BCUT2D eigenvalue weighted by atomic mass is 16.2. The second-order valence-electron chi connectivity index (χ2n) is 4.82. The summed E-state index contributed by atoms with van der Waals surface area (Å²) in [5, 5.41) is 6.09. The lowest BCUT2D eigenvalue weighted by molar-refractivity contribution is -0.128. The fourth-order valence-corrected chi connectivity index (χ4v) is 1.80. The molecular weight excluding hydrogens is 254 g/mol. The van der Waals surface area contributed by atoms with Crippen LogP contribution in [-0.4, -0.2) is 47.5 Å². The molecule has 0 bridgehead atoms. The highest BCUT2D eigenvalue weighted by molar-refractivity contribution is 5.80. The smallest absolute Gasteiger partial charge is 0.241 e. The van der Waals surface area contributed by atoms with Crippen LogP contribution >= 0.6 is 0 Å². The zero-order chi connectivity index (χ0) is 15.1. The predicted molar refractivity (Wildman–Crippen MR) is 82.1 cm³/mol. The molecule has 0 fully saturated rings. The van der Waals surface area contributed by atoms with Gasteiger partial charge in [-0.2, -0.15) is 0 Å². The van der Waals surface area contributed by atoms with Crippen molar-refractivity contribution in [3.8, 4) is 0 Å². The zero-order valence-corrected chi connectivity index (χ0v) is 13.0. The number of rotatable bonds is 7. The van der Waals surface area contributed by atoms with Crippen molar-refractivity contribution in [2.75, 3.05) is 37.3 Å². The Morgan fingerprint density at radius 3 is 2.35 bits per heavy atom. The highest BCUT2D eigenvalue weighted by Crippen LogP contribution is 2.16. The molecule has 1 rings (SSSR count). The third-order valence-electron chi connectivity index (χ3n) is 3.05. The van der Waals surface area contributed by atoms with Crippen molar-refractivity contribution in [3.63, 3.8) is 0 Å². The van der Waals surface area contributed by atoms with E-state index in [1.54, 1.807) is 11.0 Å². The molecule has 0 aliphatic rings. The normalized spacial score (nSPS) is 10.5. The van der Waals surface area contributed by atoms with E-state index >= 15 is 0 Å². The zero-order valence-electron chi connectivity index (χ0n) is 13.0. The fourth-order valence-electron chi connectivity index (χ4n) is 1.80. The molecule has 6 nitrogen and oxygen atoms in total. The van der Waals surface area contributed by atoms with E-state index in [4.69, 9.17) is 0 Å². The van der Waals surface area contributed by atoms with Crippen LogP contribution in [0.3, 0.4) is 0 Å². The molecule has 0 saturated carbocycles. The minimum atomic E-state index is 0.0747. The molecule has 0 aromatic carbocycles. The summed E-state index contributed by atoms with van der Waals surface area (Å²) in [5.41, 5.74) is 0. The van der Waals surface area contributed by atoms with Crippen molar-refractivity contribution < 1.29 is 4.79 Å². The summed E-state index contributed by atoms with van der Waals surface area (Å²) < 4.78 is 0. The van der Waals surface area contributed by atoms with Crippen LogP contribution in [0.5, 0.6) is 0 Å². The Hall–Kier alpha value is -1.85. The number of hydrogen-bond donors (Lipinski definition) is 2. The first-order valence-corrected chi connectivity index (χ1v) is 7.10. The molecule has 1 heterocycles. The molecular formula is C14H25N5O. The summed E-state index contributed by atoms with van der Waals surface area (Å²) in [6.45, 7) is 9.72. The van der Waals surface area contributed by atoms with E-state index in [2.05, 4.69) is 20.6 Å². The van der Waals surface area contributed by atoms with Crippen LogP contribution in [0.4, 0.5) is 11.6 Å². The van der Waals surface area contributed by atoms with Crippen LogP contribution in [0, 0.1) is 0 Å². The number of likely N-dealkylation sites (N-methyl/N-ethyl adjacent to an activating group) is 1. The lowest BCUT2D eigenvalue weighted by Crippen LogP contribution is -2.35. The maximum atomic E-state index is 12.0. The van der Waals surface area contributed by atoms with Crippen LogP contribution < -0.4 is 10.6 Å². The summed E-state index contributed by atoms with van der Waals surface area (Å²) in [6, 6.07) is 1.81. The lowest BCUT2D eigenvalue weighted by atomic mass is 10.2. The van der Waals surface area contributed by atoms with Crippen LogP contribution in [0.1, 0.15) is 39.4 Å². The number of nitrogens with zero attached hydrogens (tertiary/aromatic N) is 3. The summed E-state index contributed by atoms with van der Waals surface area (Å²) in [5.74, 6) is 2.50. The van der Waals surface area contributed by atoms with Crippen molar-refractivity contribution in [3.05, 3.63) is 11.9 Å². The van der Waals surface area contributed by atoms with Crippen molar-refractivity contribution in [2.24, 2.45) is 0 Å². The second-order valence-corrected chi connectivity index (χ2v) is 4.82. The minimum absolute atomic E-state index is 0.0747. The Morgan fingerprint density at radius 1 is 1.25 bits per heavy atom. The first-order chi connectivity index (χ1) is 9.51.